The van der Waals surface area contributed by atoms with Crippen molar-refractivity contribution in [2.24, 2.45) is 16.8 Å². The van der Waals surface area contributed by atoms with E-state index in [-0.39, 0.29) is 19.0 Å². The molecule has 4 rings (SSSR count). The minimum absolute atomic E-state index is 0.154. The van der Waals surface area contributed by atoms with E-state index < -0.39 is 35.6 Å². The van der Waals surface area contributed by atoms with E-state index in [1.54, 1.807) is 27.9 Å². The van der Waals surface area contributed by atoms with Crippen molar-refractivity contribution in [2.45, 2.75) is 39.0 Å². The molecule has 1 saturated carbocycles. The first-order chi connectivity index (χ1) is 17.8. The number of fused-ring (bicyclic) bond motifs is 1. The zero-order chi connectivity index (χ0) is 26.7. The number of esters is 2. The average molecular weight is 568 g/mol. The van der Waals surface area contributed by atoms with Crippen LogP contribution in [0.2, 0.25) is 0 Å². The second-order valence-corrected chi connectivity index (χ2v) is 9.97. The van der Waals surface area contributed by atoms with E-state index >= 15 is 0 Å². The first-order valence-electron chi connectivity index (χ1n) is 12.4. The molecule has 1 fully saturated rings. The van der Waals surface area contributed by atoms with Crippen molar-refractivity contribution < 1.29 is 28.6 Å². The van der Waals surface area contributed by atoms with Crippen LogP contribution in [0, 0.1) is 11.8 Å². The number of methoxy groups -OCH3 is 1. The number of nitrogens with zero attached hydrogens (tertiary/aromatic N) is 1. The number of rotatable bonds is 7. The van der Waals surface area contributed by atoms with Crippen LogP contribution in [0.5, 0.6) is 5.75 Å². The third kappa shape index (κ3) is 5.25. The number of ketones is 1. The van der Waals surface area contributed by atoms with Gasteiger partial charge in [-0.2, -0.15) is 0 Å². The Morgan fingerprint density at radius 3 is 2.38 bits per heavy atom. The number of allylic oxidation sites excluding steroid dienone is 1. The van der Waals surface area contributed by atoms with Gasteiger partial charge in [-0.1, -0.05) is 40.2 Å². The highest BCUT2D eigenvalue weighted by atomic mass is 79.9. The normalized spacial score (nSPS) is 23.2. The largest absolute Gasteiger partial charge is 0.497 e. The number of halogens is 1. The average Bonchev–Trinajstić information content (AvgIpc) is 2.88. The van der Waals surface area contributed by atoms with Crippen LogP contribution in [0.4, 0.5) is 0 Å². The molecule has 0 radical (unpaired) electrons. The molecule has 2 aromatic carbocycles. The van der Waals surface area contributed by atoms with Gasteiger partial charge in [-0.05, 0) is 62.6 Å². The van der Waals surface area contributed by atoms with Crippen molar-refractivity contribution in [2.75, 3.05) is 20.3 Å². The fourth-order valence-electron chi connectivity index (χ4n) is 5.40. The summed E-state index contributed by atoms with van der Waals surface area (Å²) in [6, 6.07) is 14.9. The summed E-state index contributed by atoms with van der Waals surface area (Å²) < 4.78 is 17.0. The van der Waals surface area contributed by atoms with Gasteiger partial charge in [0.15, 0.2) is 5.78 Å². The number of carbonyl (C=O) groups excluding carboxylic acids is 3. The van der Waals surface area contributed by atoms with Gasteiger partial charge in [0.25, 0.3) is 0 Å². The summed E-state index contributed by atoms with van der Waals surface area (Å²) in [4.78, 5) is 45.5. The van der Waals surface area contributed by atoms with Gasteiger partial charge in [0, 0.05) is 27.7 Å². The number of benzene rings is 2. The molecule has 1 aliphatic heterocycles. The number of aliphatic imine (C=N–C) groups is 1. The van der Waals surface area contributed by atoms with Crippen molar-refractivity contribution in [3.05, 3.63) is 75.4 Å². The summed E-state index contributed by atoms with van der Waals surface area (Å²) in [6.45, 7) is 5.57. The molecule has 0 amide bonds. The standard InChI is InChI=1S/C29H30BrNO6/c1-5-36-28(33)23-16(3)31-22-15-21(17-9-8-12-20(14-17)35-4)25(29(34)37-6-2)27(32)26(22)24(23)18-10-7-11-19(30)13-18/h7-14,21,24-26H,5-6,15H2,1-4H3/t21-,24+,25-,26?/m0/s1. The van der Waals surface area contributed by atoms with E-state index in [9.17, 15) is 14.4 Å². The van der Waals surface area contributed by atoms with Crippen molar-refractivity contribution in [3.63, 3.8) is 0 Å². The number of Topliss-reactive ketones (excluding diaryl/α,β-unsaturated/α-hetero) is 1. The molecule has 2 aliphatic rings. The third-order valence-corrected chi connectivity index (χ3v) is 7.41. The van der Waals surface area contributed by atoms with Crippen LogP contribution in [-0.2, 0) is 23.9 Å². The third-order valence-electron chi connectivity index (χ3n) is 6.91. The molecule has 7 nitrogen and oxygen atoms in total. The lowest BCUT2D eigenvalue weighted by molar-refractivity contribution is -0.153. The molecule has 1 unspecified atom stereocenters. The Morgan fingerprint density at radius 2 is 1.70 bits per heavy atom. The smallest absolute Gasteiger partial charge is 0.336 e. The molecule has 0 aromatic heterocycles. The molecule has 0 bridgehead atoms. The highest BCUT2D eigenvalue weighted by Crippen LogP contribution is 2.48. The van der Waals surface area contributed by atoms with Crippen molar-refractivity contribution >= 4 is 39.4 Å². The van der Waals surface area contributed by atoms with E-state index in [1.807, 2.05) is 48.5 Å². The summed E-state index contributed by atoms with van der Waals surface area (Å²) in [6.07, 6.45) is 0.366. The predicted octanol–water partition coefficient (Wildman–Crippen LogP) is 5.39. The van der Waals surface area contributed by atoms with Gasteiger partial charge in [-0.15, -0.1) is 0 Å². The predicted molar refractivity (Wildman–Crippen MR) is 143 cm³/mol. The summed E-state index contributed by atoms with van der Waals surface area (Å²) >= 11 is 3.51. The lowest BCUT2D eigenvalue weighted by atomic mass is 9.62. The van der Waals surface area contributed by atoms with Gasteiger partial charge in [-0.3, -0.25) is 14.6 Å². The van der Waals surface area contributed by atoms with Crippen molar-refractivity contribution in [1.29, 1.82) is 0 Å². The number of carbonyl (C=O) groups is 3. The molecule has 0 spiro atoms. The maximum atomic E-state index is 14.3. The van der Waals surface area contributed by atoms with Crippen LogP contribution < -0.4 is 4.74 Å². The SMILES string of the molecule is CCOC(=O)C1=C(C)N=C2C[C@@H](c3cccc(OC)c3)[C@H](C(=O)OCC)C(=O)C2[C@@H]1c1cccc(Br)c1. The lowest BCUT2D eigenvalue weighted by Gasteiger charge is -2.41. The minimum atomic E-state index is -1.05. The fourth-order valence-corrected chi connectivity index (χ4v) is 5.82. The van der Waals surface area contributed by atoms with Gasteiger partial charge < -0.3 is 14.2 Å². The Balaban J connectivity index is 1.90. The highest BCUT2D eigenvalue weighted by molar-refractivity contribution is 9.10. The fraction of sp³-hybridized carbons (Fsp3) is 0.379. The summed E-state index contributed by atoms with van der Waals surface area (Å²) in [5, 5.41) is 0. The van der Waals surface area contributed by atoms with Crippen LogP contribution in [0.25, 0.3) is 0 Å². The highest BCUT2D eigenvalue weighted by Gasteiger charge is 2.53. The van der Waals surface area contributed by atoms with E-state index in [4.69, 9.17) is 19.2 Å². The Labute approximate surface area is 225 Å². The molecule has 8 heteroatoms. The second kappa shape index (κ2) is 11.4. The van der Waals surface area contributed by atoms with Crippen LogP contribution in [0.15, 0.2) is 69.3 Å². The van der Waals surface area contributed by atoms with E-state index in [1.165, 1.54) is 0 Å². The van der Waals surface area contributed by atoms with Gasteiger partial charge in [-0.25, -0.2) is 4.79 Å². The Morgan fingerprint density at radius 1 is 1.00 bits per heavy atom. The molecule has 194 valence electrons. The van der Waals surface area contributed by atoms with Crippen LogP contribution in [0.1, 0.15) is 50.2 Å². The molecule has 4 atom stereocenters. The molecular formula is C29H30BrNO6. The Hall–Kier alpha value is -3.26. The van der Waals surface area contributed by atoms with Gasteiger partial charge >= 0.3 is 11.9 Å². The summed E-state index contributed by atoms with van der Waals surface area (Å²) in [7, 11) is 1.57. The van der Waals surface area contributed by atoms with E-state index in [0.29, 0.717) is 29.2 Å². The summed E-state index contributed by atoms with van der Waals surface area (Å²) in [5.41, 5.74) is 3.06. The van der Waals surface area contributed by atoms with Gasteiger partial charge in [0.2, 0.25) is 0 Å². The number of ether oxygens (including phenoxy) is 3. The molecule has 1 aliphatic carbocycles. The van der Waals surface area contributed by atoms with Gasteiger partial charge in [0.1, 0.15) is 11.7 Å². The molecular weight excluding hydrogens is 538 g/mol. The molecule has 0 saturated heterocycles. The van der Waals surface area contributed by atoms with E-state index in [2.05, 4.69) is 15.9 Å². The topological polar surface area (TPSA) is 91.3 Å². The minimum Gasteiger partial charge on any atom is -0.497 e. The molecule has 1 heterocycles. The zero-order valence-corrected chi connectivity index (χ0v) is 22.9. The second-order valence-electron chi connectivity index (χ2n) is 9.05. The molecule has 2 aromatic rings. The first-order valence-corrected chi connectivity index (χ1v) is 13.1. The zero-order valence-electron chi connectivity index (χ0n) is 21.3. The number of hydrogen-bond acceptors (Lipinski definition) is 7. The van der Waals surface area contributed by atoms with E-state index in [0.717, 1.165) is 15.6 Å². The van der Waals surface area contributed by atoms with Gasteiger partial charge in [0.05, 0.1) is 31.8 Å². The quantitative estimate of drug-likeness (QED) is 0.329. The van der Waals surface area contributed by atoms with Crippen LogP contribution in [0.3, 0.4) is 0 Å². The Bertz CT molecular complexity index is 1280. The maximum absolute atomic E-state index is 14.3. The van der Waals surface area contributed by atoms with Crippen molar-refractivity contribution in [1.82, 2.24) is 0 Å². The van der Waals surface area contributed by atoms with Crippen LogP contribution >= 0.6 is 15.9 Å². The maximum Gasteiger partial charge on any atom is 0.336 e. The monoisotopic (exact) mass is 567 g/mol. The van der Waals surface area contributed by atoms with Crippen LogP contribution in [-0.4, -0.2) is 43.8 Å². The lowest BCUT2D eigenvalue weighted by Crippen LogP contribution is -2.48. The molecule has 0 N–H and O–H groups in total. The van der Waals surface area contributed by atoms with Crippen molar-refractivity contribution in [3.8, 4) is 5.75 Å². The summed E-state index contributed by atoms with van der Waals surface area (Å²) in [5.74, 6) is -3.72. The Kier molecular flexibility index (Phi) is 8.27. The molecule has 37 heavy (non-hydrogen) atoms. The first kappa shape index (κ1) is 26.8. The number of hydrogen-bond donors (Lipinski definition) is 0.